The van der Waals surface area contributed by atoms with Crippen LogP contribution in [0, 0.1) is 0 Å². The Hall–Kier alpha value is -3.61. The van der Waals surface area contributed by atoms with Crippen LogP contribution in [0.3, 0.4) is 0 Å². The zero-order valence-corrected chi connectivity index (χ0v) is 19.0. The summed E-state index contributed by atoms with van der Waals surface area (Å²) in [6, 6.07) is 17.9. The number of hydrogen-bond acceptors (Lipinski definition) is 4. The van der Waals surface area contributed by atoms with Gasteiger partial charge in [0.2, 0.25) is 11.3 Å². The molecule has 1 amide bonds. The summed E-state index contributed by atoms with van der Waals surface area (Å²) >= 11 is 11.8. The molecule has 0 saturated carbocycles. The number of hydrogen-bond donors (Lipinski definition) is 1. The van der Waals surface area contributed by atoms with E-state index in [1.54, 1.807) is 71.3 Å². The van der Waals surface area contributed by atoms with Crippen LogP contribution in [0.4, 0.5) is 5.69 Å². The first-order valence-corrected chi connectivity index (χ1v) is 10.7. The van der Waals surface area contributed by atoms with Gasteiger partial charge in [0.15, 0.2) is 5.78 Å². The quantitative estimate of drug-likeness (QED) is 0.385. The molecule has 166 valence electrons. The Morgan fingerprint density at radius 3 is 2.21 bits per heavy atom. The van der Waals surface area contributed by atoms with Gasteiger partial charge in [0, 0.05) is 27.5 Å². The summed E-state index contributed by atoms with van der Waals surface area (Å²) in [5.41, 5.74) is 0.889. The molecule has 6 nitrogen and oxygen atoms in total. The van der Waals surface area contributed by atoms with Crippen molar-refractivity contribution >= 4 is 51.5 Å². The number of methoxy groups -OCH3 is 1. The van der Waals surface area contributed by atoms with Gasteiger partial charge < -0.3 is 14.6 Å². The number of nitrogens with zero attached hydrogens (tertiary/aromatic N) is 1. The number of fused-ring (bicyclic) bond motifs is 1. The molecule has 0 saturated heterocycles. The maximum atomic E-state index is 13.2. The minimum absolute atomic E-state index is 0.0580. The molecule has 0 aliphatic heterocycles. The van der Waals surface area contributed by atoms with Gasteiger partial charge in [0.05, 0.1) is 23.6 Å². The highest BCUT2D eigenvalue weighted by Crippen LogP contribution is 2.21. The summed E-state index contributed by atoms with van der Waals surface area (Å²) in [6.07, 6.45) is 1.41. The number of ketones is 1. The van der Waals surface area contributed by atoms with Crippen molar-refractivity contribution in [3.05, 3.63) is 104 Å². The largest absolute Gasteiger partial charge is 0.497 e. The van der Waals surface area contributed by atoms with Gasteiger partial charge in [-0.15, -0.1) is 0 Å². The standard InChI is InChI=1S/C25H18Cl2N2O4/c1-33-19-10-11-22-20(12-19)25(32)21(24(31)15-2-4-16(26)5-3-15)13-29(22)14-23(30)28-18-8-6-17(27)7-9-18/h2-13H,14H2,1H3,(H,28,30). The van der Waals surface area contributed by atoms with E-state index in [1.165, 1.54) is 13.3 Å². The molecule has 0 radical (unpaired) electrons. The lowest BCUT2D eigenvalue weighted by Gasteiger charge is -2.14. The molecule has 0 atom stereocenters. The zero-order valence-electron chi connectivity index (χ0n) is 17.5. The Bertz CT molecular complexity index is 1410. The SMILES string of the molecule is COc1ccc2c(c1)c(=O)c(C(=O)c1ccc(Cl)cc1)cn2CC(=O)Nc1ccc(Cl)cc1. The highest BCUT2D eigenvalue weighted by molar-refractivity contribution is 6.31. The van der Waals surface area contributed by atoms with E-state index in [4.69, 9.17) is 27.9 Å². The van der Waals surface area contributed by atoms with Crippen LogP contribution in [0.1, 0.15) is 15.9 Å². The Kier molecular flexibility index (Phi) is 6.49. The Morgan fingerprint density at radius 2 is 1.58 bits per heavy atom. The highest BCUT2D eigenvalue weighted by Gasteiger charge is 2.19. The Labute approximate surface area is 199 Å². The minimum atomic E-state index is -0.465. The van der Waals surface area contributed by atoms with E-state index in [-0.39, 0.29) is 23.4 Å². The lowest BCUT2D eigenvalue weighted by atomic mass is 10.0. The summed E-state index contributed by atoms with van der Waals surface area (Å²) in [7, 11) is 1.49. The second kappa shape index (κ2) is 9.48. The van der Waals surface area contributed by atoms with Crippen LogP contribution in [0.15, 0.2) is 77.7 Å². The molecule has 0 unspecified atom stereocenters. The van der Waals surface area contributed by atoms with E-state index >= 15 is 0 Å². The summed E-state index contributed by atoms with van der Waals surface area (Å²) in [5, 5.41) is 4.09. The molecule has 1 heterocycles. The molecule has 33 heavy (non-hydrogen) atoms. The van der Waals surface area contributed by atoms with Crippen molar-refractivity contribution in [3.8, 4) is 5.75 Å². The molecule has 4 rings (SSSR count). The van der Waals surface area contributed by atoms with Crippen molar-refractivity contribution in [3.63, 3.8) is 0 Å². The van der Waals surface area contributed by atoms with E-state index < -0.39 is 11.2 Å². The predicted molar refractivity (Wildman–Crippen MR) is 130 cm³/mol. The highest BCUT2D eigenvalue weighted by atomic mass is 35.5. The van der Waals surface area contributed by atoms with Gasteiger partial charge in [-0.3, -0.25) is 14.4 Å². The van der Waals surface area contributed by atoms with E-state index in [2.05, 4.69) is 5.32 Å². The van der Waals surface area contributed by atoms with Gasteiger partial charge in [0.25, 0.3) is 0 Å². The van der Waals surface area contributed by atoms with E-state index in [1.807, 2.05) is 0 Å². The number of amides is 1. The number of halogens is 2. The zero-order chi connectivity index (χ0) is 23.5. The van der Waals surface area contributed by atoms with Crippen LogP contribution < -0.4 is 15.5 Å². The monoisotopic (exact) mass is 480 g/mol. The van der Waals surface area contributed by atoms with Crippen molar-refractivity contribution < 1.29 is 14.3 Å². The maximum Gasteiger partial charge on any atom is 0.244 e. The number of aromatic nitrogens is 1. The molecular weight excluding hydrogens is 463 g/mol. The molecule has 4 aromatic rings. The van der Waals surface area contributed by atoms with E-state index in [0.29, 0.717) is 32.6 Å². The lowest BCUT2D eigenvalue weighted by molar-refractivity contribution is -0.116. The molecule has 0 bridgehead atoms. The third kappa shape index (κ3) is 4.92. The Morgan fingerprint density at radius 1 is 0.939 bits per heavy atom. The van der Waals surface area contributed by atoms with Crippen molar-refractivity contribution in [2.24, 2.45) is 0 Å². The normalized spacial score (nSPS) is 10.8. The smallest absolute Gasteiger partial charge is 0.244 e. The molecule has 8 heteroatoms. The van der Waals surface area contributed by atoms with Gasteiger partial charge >= 0.3 is 0 Å². The number of ether oxygens (including phenoxy) is 1. The third-order valence-electron chi connectivity index (χ3n) is 5.08. The number of pyridine rings is 1. The molecule has 1 N–H and O–H groups in total. The second-order valence-corrected chi connectivity index (χ2v) is 8.15. The van der Waals surface area contributed by atoms with Crippen molar-refractivity contribution in [2.75, 3.05) is 12.4 Å². The molecule has 3 aromatic carbocycles. The van der Waals surface area contributed by atoms with E-state index in [0.717, 1.165) is 0 Å². The summed E-state index contributed by atoms with van der Waals surface area (Å²) in [6.45, 7) is -0.118. The van der Waals surface area contributed by atoms with Gasteiger partial charge in [0.1, 0.15) is 12.3 Å². The Balaban J connectivity index is 1.77. The average molecular weight is 481 g/mol. The fourth-order valence-corrected chi connectivity index (χ4v) is 3.69. The van der Waals surface area contributed by atoms with Gasteiger partial charge in [-0.2, -0.15) is 0 Å². The molecule has 0 aliphatic rings. The van der Waals surface area contributed by atoms with Crippen LogP contribution in [-0.4, -0.2) is 23.4 Å². The van der Waals surface area contributed by atoms with Crippen molar-refractivity contribution in [1.29, 1.82) is 0 Å². The van der Waals surface area contributed by atoms with E-state index in [9.17, 15) is 14.4 Å². The summed E-state index contributed by atoms with van der Waals surface area (Å²) in [4.78, 5) is 39.1. The van der Waals surface area contributed by atoms with Crippen LogP contribution in [0.25, 0.3) is 10.9 Å². The molecule has 0 fully saturated rings. The van der Waals surface area contributed by atoms with Crippen LogP contribution in [-0.2, 0) is 11.3 Å². The number of nitrogens with one attached hydrogen (secondary N) is 1. The van der Waals surface area contributed by atoms with Gasteiger partial charge in [-0.1, -0.05) is 23.2 Å². The number of carbonyl (C=O) groups excluding carboxylic acids is 2. The molecular formula is C25H18Cl2N2O4. The van der Waals surface area contributed by atoms with Crippen LogP contribution in [0.5, 0.6) is 5.75 Å². The molecule has 0 spiro atoms. The second-order valence-electron chi connectivity index (χ2n) is 7.27. The number of carbonyl (C=O) groups is 2. The molecule has 1 aromatic heterocycles. The first kappa shape index (κ1) is 22.6. The number of benzene rings is 3. The lowest BCUT2D eigenvalue weighted by Crippen LogP contribution is -2.24. The topological polar surface area (TPSA) is 77.4 Å². The fourth-order valence-electron chi connectivity index (χ4n) is 3.44. The summed E-state index contributed by atoms with van der Waals surface area (Å²) in [5.74, 6) is -0.330. The third-order valence-corrected chi connectivity index (χ3v) is 5.58. The summed E-state index contributed by atoms with van der Waals surface area (Å²) < 4.78 is 6.82. The first-order chi connectivity index (χ1) is 15.9. The van der Waals surface area contributed by atoms with Gasteiger partial charge in [-0.25, -0.2) is 0 Å². The predicted octanol–water partition coefficient (Wildman–Crippen LogP) is 5.19. The minimum Gasteiger partial charge on any atom is -0.497 e. The number of rotatable bonds is 6. The fraction of sp³-hybridized carbons (Fsp3) is 0.0800. The molecule has 0 aliphatic carbocycles. The first-order valence-electron chi connectivity index (χ1n) is 9.92. The number of anilines is 1. The van der Waals surface area contributed by atoms with Crippen LogP contribution >= 0.6 is 23.2 Å². The van der Waals surface area contributed by atoms with Crippen LogP contribution in [0.2, 0.25) is 10.0 Å². The average Bonchev–Trinajstić information content (AvgIpc) is 2.82. The maximum absolute atomic E-state index is 13.2. The van der Waals surface area contributed by atoms with Crippen molar-refractivity contribution in [1.82, 2.24) is 4.57 Å². The van der Waals surface area contributed by atoms with Gasteiger partial charge in [-0.05, 0) is 66.7 Å². The van der Waals surface area contributed by atoms with Crippen molar-refractivity contribution in [2.45, 2.75) is 6.54 Å².